The molecule has 102 valence electrons. The topological polar surface area (TPSA) is 28.2 Å². The second kappa shape index (κ2) is 7.75. The van der Waals surface area contributed by atoms with Gasteiger partial charge < -0.3 is 10.2 Å². The molecule has 2 heterocycles. The van der Waals surface area contributed by atoms with E-state index >= 15 is 0 Å². The van der Waals surface area contributed by atoms with E-state index in [-0.39, 0.29) is 0 Å². The van der Waals surface area contributed by atoms with Gasteiger partial charge in [-0.3, -0.25) is 4.98 Å². The third-order valence-corrected chi connectivity index (χ3v) is 4.49. The third-order valence-electron chi connectivity index (χ3n) is 2.79. The van der Waals surface area contributed by atoms with Crippen molar-refractivity contribution in [3.63, 3.8) is 0 Å². The van der Waals surface area contributed by atoms with E-state index in [2.05, 4.69) is 61.8 Å². The molecule has 0 atom stereocenters. The molecule has 0 saturated carbocycles. The summed E-state index contributed by atoms with van der Waals surface area (Å²) in [7, 11) is 2.14. The molecule has 0 fully saturated rings. The van der Waals surface area contributed by atoms with Crippen molar-refractivity contribution in [2.24, 2.45) is 0 Å². The lowest BCUT2D eigenvalue weighted by atomic mass is 10.2. The zero-order valence-electron chi connectivity index (χ0n) is 11.0. The average Bonchev–Trinajstić information content (AvgIpc) is 2.82. The molecule has 3 nitrogen and oxygen atoms in total. The van der Waals surface area contributed by atoms with Crippen LogP contribution in [-0.4, -0.2) is 30.0 Å². The molecule has 0 saturated heterocycles. The first-order valence-corrected chi connectivity index (χ1v) is 7.92. The number of rotatable bonds is 7. The third kappa shape index (κ3) is 5.40. The summed E-state index contributed by atoms with van der Waals surface area (Å²) < 4.78 is 1.17. The van der Waals surface area contributed by atoms with Crippen LogP contribution in [0.5, 0.6) is 0 Å². The van der Waals surface area contributed by atoms with Gasteiger partial charge in [-0.2, -0.15) is 0 Å². The van der Waals surface area contributed by atoms with Gasteiger partial charge in [-0.15, -0.1) is 11.3 Å². The van der Waals surface area contributed by atoms with Gasteiger partial charge in [0.05, 0.1) is 0 Å². The quantitative estimate of drug-likeness (QED) is 0.785. The molecule has 1 N–H and O–H groups in total. The van der Waals surface area contributed by atoms with Crippen molar-refractivity contribution in [2.75, 3.05) is 20.1 Å². The minimum Gasteiger partial charge on any atom is -0.311 e. The van der Waals surface area contributed by atoms with Gasteiger partial charge in [0.15, 0.2) is 0 Å². The molecule has 2 rings (SSSR count). The van der Waals surface area contributed by atoms with Gasteiger partial charge in [-0.05, 0) is 46.7 Å². The summed E-state index contributed by atoms with van der Waals surface area (Å²) in [6, 6.07) is 6.29. The number of likely N-dealkylation sites (N-methyl/N-ethyl adjacent to an activating group) is 1. The van der Waals surface area contributed by atoms with Crippen molar-refractivity contribution in [1.82, 2.24) is 15.2 Å². The summed E-state index contributed by atoms with van der Waals surface area (Å²) >= 11 is 5.25. The summed E-state index contributed by atoms with van der Waals surface area (Å²) in [6.45, 7) is 3.94. The Hall–Kier alpha value is -0.750. The molecule has 2 aromatic heterocycles. The highest BCUT2D eigenvalue weighted by atomic mass is 79.9. The molecule has 2 aromatic rings. The highest BCUT2D eigenvalue weighted by Gasteiger charge is 2.00. The van der Waals surface area contributed by atoms with E-state index in [1.807, 2.05) is 12.4 Å². The Morgan fingerprint density at radius 1 is 1.37 bits per heavy atom. The van der Waals surface area contributed by atoms with Crippen LogP contribution in [0.25, 0.3) is 0 Å². The van der Waals surface area contributed by atoms with Crippen LogP contribution in [0, 0.1) is 0 Å². The summed E-state index contributed by atoms with van der Waals surface area (Å²) in [5.74, 6) is 0. The zero-order chi connectivity index (χ0) is 13.5. The van der Waals surface area contributed by atoms with Crippen molar-refractivity contribution >= 4 is 27.3 Å². The number of nitrogens with zero attached hydrogens (tertiary/aromatic N) is 2. The first-order chi connectivity index (χ1) is 9.24. The normalized spacial score (nSPS) is 11.1. The zero-order valence-corrected chi connectivity index (χ0v) is 13.4. The molecule has 0 unspecified atom stereocenters. The molecule has 0 aliphatic heterocycles. The molecule has 5 heteroatoms. The lowest BCUT2D eigenvalue weighted by molar-refractivity contribution is 0.324. The van der Waals surface area contributed by atoms with Crippen LogP contribution in [0.1, 0.15) is 10.4 Å². The molecule has 0 amide bonds. The van der Waals surface area contributed by atoms with Crippen LogP contribution in [0.2, 0.25) is 0 Å². The Morgan fingerprint density at radius 3 is 2.84 bits per heavy atom. The first-order valence-electron chi connectivity index (χ1n) is 6.25. The molecule has 0 aliphatic rings. The number of nitrogens with one attached hydrogen (secondary N) is 1. The highest BCUT2D eigenvalue weighted by molar-refractivity contribution is 9.10. The molecule has 0 aliphatic carbocycles. The number of aromatic nitrogens is 1. The summed E-state index contributed by atoms with van der Waals surface area (Å²) in [4.78, 5) is 7.71. The standard InChI is InChI=1S/C14H18BrN3S/c1-18(10-12-2-4-16-5-3-12)7-6-17-9-14-8-13(15)11-19-14/h2-5,8,11,17H,6-7,9-10H2,1H3. The van der Waals surface area contributed by atoms with Crippen molar-refractivity contribution < 1.29 is 0 Å². The van der Waals surface area contributed by atoms with Crippen LogP contribution >= 0.6 is 27.3 Å². The highest BCUT2D eigenvalue weighted by Crippen LogP contribution is 2.19. The maximum absolute atomic E-state index is 4.03. The minimum absolute atomic E-state index is 0.944. The lowest BCUT2D eigenvalue weighted by Gasteiger charge is -2.16. The van der Waals surface area contributed by atoms with Gasteiger partial charge in [0.2, 0.25) is 0 Å². The van der Waals surface area contributed by atoms with Crippen molar-refractivity contribution in [3.8, 4) is 0 Å². The van der Waals surface area contributed by atoms with E-state index in [4.69, 9.17) is 0 Å². The Kier molecular flexibility index (Phi) is 5.97. The summed E-state index contributed by atoms with van der Waals surface area (Å²) in [5, 5.41) is 5.58. The SMILES string of the molecule is CN(CCNCc1cc(Br)cs1)Cc1ccncc1. The maximum Gasteiger partial charge on any atom is 0.0300 e. The Morgan fingerprint density at radius 2 is 2.16 bits per heavy atom. The van der Waals surface area contributed by atoms with Gasteiger partial charge >= 0.3 is 0 Å². The van der Waals surface area contributed by atoms with E-state index in [9.17, 15) is 0 Å². The van der Waals surface area contributed by atoms with Gasteiger partial charge in [0, 0.05) is 53.3 Å². The predicted octanol–water partition coefficient (Wildman–Crippen LogP) is 3.13. The monoisotopic (exact) mass is 339 g/mol. The van der Waals surface area contributed by atoms with E-state index < -0.39 is 0 Å². The fraction of sp³-hybridized carbons (Fsp3) is 0.357. The van der Waals surface area contributed by atoms with Crippen molar-refractivity contribution in [3.05, 3.63) is 50.9 Å². The van der Waals surface area contributed by atoms with Gasteiger partial charge in [-0.1, -0.05) is 0 Å². The maximum atomic E-state index is 4.03. The summed E-state index contributed by atoms with van der Waals surface area (Å²) in [6.07, 6.45) is 3.69. The van der Waals surface area contributed by atoms with E-state index in [0.29, 0.717) is 0 Å². The minimum atomic E-state index is 0.944. The summed E-state index contributed by atoms with van der Waals surface area (Å²) in [5.41, 5.74) is 1.31. The number of hydrogen-bond donors (Lipinski definition) is 1. The molecule has 0 spiro atoms. The molecular formula is C14H18BrN3S. The van der Waals surface area contributed by atoms with Gasteiger partial charge in [0.1, 0.15) is 0 Å². The smallest absolute Gasteiger partial charge is 0.0300 e. The Bertz CT molecular complexity index is 486. The molecule has 0 bridgehead atoms. The van der Waals surface area contributed by atoms with E-state index in [1.165, 1.54) is 14.9 Å². The van der Waals surface area contributed by atoms with Crippen LogP contribution in [0.3, 0.4) is 0 Å². The van der Waals surface area contributed by atoms with Crippen LogP contribution in [0.15, 0.2) is 40.4 Å². The van der Waals surface area contributed by atoms with E-state index in [0.717, 1.165) is 26.2 Å². The second-order valence-electron chi connectivity index (χ2n) is 4.50. The van der Waals surface area contributed by atoms with Crippen LogP contribution in [0.4, 0.5) is 0 Å². The second-order valence-corrected chi connectivity index (χ2v) is 6.41. The van der Waals surface area contributed by atoms with Crippen LogP contribution in [-0.2, 0) is 13.1 Å². The molecule has 0 aromatic carbocycles. The molecule has 0 radical (unpaired) electrons. The van der Waals surface area contributed by atoms with Gasteiger partial charge in [-0.25, -0.2) is 0 Å². The van der Waals surface area contributed by atoms with Crippen molar-refractivity contribution in [2.45, 2.75) is 13.1 Å². The van der Waals surface area contributed by atoms with Crippen molar-refractivity contribution in [1.29, 1.82) is 0 Å². The fourth-order valence-electron chi connectivity index (χ4n) is 1.81. The van der Waals surface area contributed by atoms with Gasteiger partial charge in [0.25, 0.3) is 0 Å². The lowest BCUT2D eigenvalue weighted by Crippen LogP contribution is -2.28. The number of thiophene rings is 1. The Balaban J connectivity index is 1.63. The number of hydrogen-bond acceptors (Lipinski definition) is 4. The van der Waals surface area contributed by atoms with E-state index in [1.54, 1.807) is 11.3 Å². The fourth-order valence-corrected chi connectivity index (χ4v) is 3.23. The predicted molar refractivity (Wildman–Crippen MR) is 84.3 cm³/mol. The van der Waals surface area contributed by atoms with Crippen LogP contribution < -0.4 is 5.32 Å². The largest absolute Gasteiger partial charge is 0.311 e. The first kappa shape index (κ1) is 14.7. The number of pyridine rings is 1. The average molecular weight is 340 g/mol. The Labute approximate surface area is 126 Å². The molecule has 19 heavy (non-hydrogen) atoms. The molecular weight excluding hydrogens is 322 g/mol. The number of halogens is 1.